The van der Waals surface area contributed by atoms with Crippen LogP contribution in [0.4, 0.5) is 4.79 Å². The fraction of sp³-hybridized carbons (Fsp3) is 0.800. The molecule has 1 aliphatic rings. The smallest absolute Gasteiger partial charge is 0.413 e. The minimum Gasteiger partial charge on any atom is -0.444 e. The summed E-state index contributed by atoms with van der Waals surface area (Å²) >= 11 is 0. The minimum atomic E-state index is -0.855. The van der Waals surface area contributed by atoms with Gasteiger partial charge in [-0.15, -0.1) is 10.2 Å². The summed E-state index contributed by atoms with van der Waals surface area (Å²) in [6, 6.07) is 0. The van der Waals surface area contributed by atoms with Crippen LogP contribution in [0.15, 0.2) is 4.42 Å². The quantitative estimate of drug-likeness (QED) is 0.835. The lowest BCUT2D eigenvalue weighted by Gasteiger charge is -2.38. The molecule has 0 aliphatic carbocycles. The molecule has 1 aliphatic heterocycles. The average Bonchev–Trinajstić information content (AvgIpc) is 2.91. The van der Waals surface area contributed by atoms with Gasteiger partial charge in [-0.1, -0.05) is 6.92 Å². The topological polar surface area (TPSA) is 77.7 Å². The first-order valence-electron chi connectivity index (χ1n) is 7.50. The number of aryl methyl sites for hydroxylation is 1. The molecule has 0 bridgehead atoms. The van der Waals surface area contributed by atoms with E-state index in [0.717, 1.165) is 0 Å². The van der Waals surface area contributed by atoms with Crippen molar-refractivity contribution in [3.05, 3.63) is 11.8 Å². The molecule has 7 nitrogen and oxygen atoms in total. The fourth-order valence-corrected chi connectivity index (χ4v) is 2.54. The van der Waals surface area contributed by atoms with Crippen molar-refractivity contribution in [1.29, 1.82) is 0 Å². The lowest BCUT2D eigenvalue weighted by Crippen LogP contribution is -2.54. The normalized spacial score (nSPS) is 24.6. The van der Waals surface area contributed by atoms with E-state index in [1.807, 2.05) is 48.5 Å². The van der Waals surface area contributed by atoms with Crippen molar-refractivity contribution >= 4 is 6.09 Å². The van der Waals surface area contributed by atoms with Crippen LogP contribution in [-0.2, 0) is 21.4 Å². The summed E-state index contributed by atoms with van der Waals surface area (Å²) in [6.45, 7) is 13.2. The maximum atomic E-state index is 12.7. The number of hydrogen-bond donors (Lipinski definition) is 0. The van der Waals surface area contributed by atoms with Crippen LogP contribution in [0.3, 0.4) is 0 Å². The Morgan fingerprint density at radius 1 is 1.32 bits per heavy atom. The maximum absolute atomic E-state index is 12.7. The number of ether oxygens (including phenoxy) is 2. The van der Waals surface area contributed by atoms with Gasteiger partial charge in [-0.3, -0.25) is 4.90 Å². The third-order valence-electron chi connectivity index (χ3n) is 3.54. The summed E-state index contributed by atoms with van der Waals surface area (Å²) in [7, 11) is 0. The highest BCUT2D eigenvalue weighted by atomic mass is 16.6. The van der Waals surface area contributed by atoms with Crippen molar-refractivity contribution in [2.45, 2.75) is 71.8 Å². The molecular formula is C15H25N3O4. The average molecular weight is 311 g/mol. The lowest BCUT2D eigenvalue weighted by molar-refractivity contribution is -0.0703. The Bertz CT molecular complexity index is 561. The molecule has 1 aromatic rings. The van der Waals surface area contributed by atoms with Gasteiger partial charge in [0.25, 0.3) is 0 Å². The molecule has 2 rings (SSSR count). The van der Waals surface area contributed by atoms with Crippen LogP contribution in [0.1, 0.15) is 60.2 Å². The van der Waals surface area contributed by atoms with Crippen molar-refractivity contribution in [2.24, 2.45) is 0 Å². The zero-order valence-electron chi connectivity index (χ0n) is 14.4. The summed E-state index contributed by atoms with van der Waals surface area (Å²) in [5.41, 5.74) is -2.27. The summed E-state index contributed by atoms with van der Waals surface area (Å²) in [4.78, 5) is 14.2. The lowest BCUT2D eigenvalue weighted by atomic mass is 10.0. The van der Waals surface area contributed by atoms with E-state index >= 15 is 0 Å². The predicted octanol–water partition coefficient (Wildman–Crippen LogP) is 2.85. The summed E-state index contributed by atoms with van der Waals surface area (Å²) < 4.78 is 17.0. The molecule has 1 aromatic heterocycles. The van der Waals surface area contributed by atoms with Crippen LogP contribution < -0.4 is 0 Å². The van der Waals surface area contributed by atoms with Crippen LogP contribution in [0.2, 0.25) is 0 Å². The van der Waals surface area contributed by atoms with E-state index in [9.17, 15) is 4.79 Å². The van der Waals surface area contributed by atoms with Gasteiger partial charge in [-0.25, -0.2) is 4.79 Å². The van der Waals surface area contributed by atoms with Crippen molar-refractivity contribution in [3.8, 4) is 0 Å². The van der Waals surface area contributed by atoms with Gasteiger partial charge in [-0.2, -0.15) is 0 Å². The van der Waals surface area contributed by atoms with Gasteiger partial charge in [-0.05, 0) is 41.5 Å². The van der Waals surface area contributed by atoms with Crippen LogP contribution in [0.25, 0.3) is 0 Å². The minimum absolute atomic E-state index is 0.268. The molecule has 2 heterocycles. The van der Waals surface area contributed by atoms with Crippen LogP contribution in [0, 0.1) is 0 Å². The number of carbonyl (C=O) groups is 1. The monoisotopic (exact) mass is 311 g/mol. The molecule has 1 amide bonds. The second-order valence-electron chi connectivity index (χ2n) is 7.18. The third kappa shape index (κ3) is 2.95. The largest absolute Gasteiger partial charge is 0.444 e. The Morgan fingerprint density at radius 2 is 1.95 bits per heavy atom. The van der Waals surface area contributed by atoms with Crippen molar-refractivity contribution < 1.29 is 18.7 Å². The van der Waals surface area contributed by atoms with E-state index in [2.05, 4.69) is 10.2 Å². The number of rotatable bonds is 2. The number of aromatic nitrogens is 2. The SMILES string of the molecule is CCc1nnc(C2(C)COC(C)(C)N2C(=O)OC(C)(C)C)o1. The van der Waals surface area contributed by atoms with E-state index in [1.165, 1.54) is 4.90 Å². The van der Waals surface area contributed by atoms with Crippen LogP contribution >= 0.6 is 0 Å². The number of amides is 1. The standard InChI is InChI=1S/C15H25N3O4/c1-8-10-16-17-11(21-10)15(7)9-20-14(5,6)18(15)12(19)22-13(2,3)4/h8-9H2,1-7H3. The number of hydrogen-bond acceptors (Lipinski definition) is 6. The van der Waals surface area contributed by atoms with Gasteiger partial charge >= 0.3 is 6.09 Å². The first kappa shape index (κ1) is 16.7. The fourth-order valence-electron chi connectivity index (χ4n) is 2.54. The molecule has 0 N–H and O–H groups in total. The maximum Gasteiger partial charge on any atom is 0.413 e. The van der Waals surface area contributed by atoms with Gasteiger partial charge in [0.05, 0.1) is 6.61 Å². The Kier molecular flexibility index (Phi) is 3.97. The van der Waals surface area contributed by atoms with E-state index < -0.39 is 23.0 Å². The summed E-state index contributed by atoms with van der Waals surface area (Å²) in [5.74, 6) is 0.894. The highest BCUT2D eigenvalue weighted by Gasteiger charge is 2.56. The zero-order chi connectivity index (χ0) is 16.8. The van der Waals surface area contributed by atoms with Gasteiger partial charge in [0.15, 0.2) is 0 Å². The molecule has 0 spiro atoms. The molecular weight excluding hydrogens is 286 g/mol. The summed E-state index contributed by atoms with van der Waals surface area (Å²) in [6.07, 6.45) is 0.175. The van der Waals surface area contributed by atoms with Crippen LogP contribution in [0.5, 0.6) is 0 Å². The molecule has 7 heteroatoms. The molecule has 0 saturated carbocycles. The van der Waals surface area contributed by atoms with Crippen molar-refractivity contribution in [1.82, 2.24) is 15.1 Å². The predicted molar refractivity (Wildman–Crippen MR) is 79.1 cm³/mol. The Hall–Kier alpha value is -1.63. The highest BCUT2D eigenvalue weighted by molar-refractivity contribution is 5.70. The second kappa shape index (κ2) is 5.22. The van der Waals surface area contributed by atoms with E-state index in [0.29, 0.717) is 18.2 Å². The Labute approximate surface area is 131 Å². The highest BCUT2D eigenvalue weighted by Crippen LogP contribution is 2.42. The summed E-state index contributed by atoms with van der Waals surface area (Å²) in [5, 5.41) is 8.08. The van der Waals surface area contributed by atoms with Gasteiger partial charge in [0, 0.05) is 6.42 Å². The van der Waals surface area contributed by atoms with Crippen LogP contribution in [-0.4, -0.2) is 39.1 Å². The van der Waals surface area contributed by atoms with E-state index in [-0.39, 0.29) is 6.61 Å². The zero-order valence-corrected chi connectivity index (χ0v) is 14.4. The molecule has 1 unspecified atom stereocenters. The van der Waals surface area contributed by atoms with Gasteiger partial charge < -0.3 is 13.9 Å². The second-order valence-corrected chi connectivity index (χ2v) is 7.18. The van der Waals surface area contributed by atoms with E-state index in [4.69, 9.17) is 13.9 Å². The molecule has 1 saturated heterocycles. The molecule has 22 heavy (non-hydrogen) atoms. The van der Waals surface area contributed by atoms with E-state index in [1.54, 1.807) is 0 Å². The Morgan fingerprint density at radius 3 is 2.45 bits per heavy atom. The first-order valence-corrected chi connectivity index (χ1v) is 7.50. The molecule has 1 fully saturated rings. The van der Waals surface area contributed by atoms with Gasteiger partial charge in [0.1, 0.15) is 16.9 Å². The van der Waals surface area contributed by atoms with Gasteiger partial charge in [0.2, 0.25) is 11.8 Å². The van der Waals surface area contributed by atoms with Crippen molar-refractivity contribution in [3.63, 3.8) is 0 Å². The number of nitrogens with zero attached hydrogens (tertiary/aromatic N) is 3. The molecule has 0 radical (unpaired) electrons. The third-order valence-corrected chi connectivity index (χ3v) is 3.54. The van der Waals surface area contributed by atoms with Crippen molar-refractivity contribution in [2.75, 3.05) is 6.61 Å². The Balaban J connectivity index is 2.39. The number of carbonyl (C=O) groups excluding carboxylic acids is 1. The molecule has 0 aromatic carbocycles. The molecule has 124 valence electrons. The molecule has 1 atom stereocenters. The first-order chi connectivity index (χ1) is 9.99.